The largest absolute Gasteiger partial charge is 0.443 e. The van der Waals surface area contributed by atoms with E-state index >= 15 is 0 Å². The van der Waals surface area contributed by atoms with Crippen LogP contribution in [0.15, 0.2) is 96.0 Å². The summed E-state index contributed by atoms with van der Waals surface area (Å²) in [5.41, 5.74) is 2.69. The van der Waals surface area contributed by atoms with E-state index < -0.39 is 11.7 Å². The summed E-state index contributed by atoms with van der Waals surface area (Å²) in [5, 5.41) is 3.42. The average molecular weight is 442 g/mol. The first kappa shape index (κ1) is 22.6. The molecule has 0 radical (unpaired) electrons. The van der Waals surface area contributed by atoms with Gasteiger partial charge in [0.1, 0.15) is 11.6 Å². The zero-order valence-electron chi connectivity index (χ0n) is 19.4. The van der Waals surface area contributed by atoms with E-state index in [1.54, 1.807) is 4.90 Å². The summed E-state index contributed by atoms with van der Waals surface area (Å²) in [5.74, 6) is 0.544. The van der Waals surface area contributed by atoms with Gasteiger partial charge >= 0.3 is 6.09 Å². The van der Waals surface area contributed by atoms with Gasteiger partial charge in [0.2, 0.25) is 5.96 Å². The molecule has 0 saturated heterocycles. The van der Waals surface area contributed by atoms with Gasteiger partial charge in [-0.3, -0.25) is 0 Å². The van der Waals surface area contributed by atoms with Crippen LogP contribution in [-0.4, -0.2) is 29.1 Å². The van der Waals surface area contributed by atoms with Gasteiger partial charge in [-0.1, -0.05) is 91.0 Å². The summed E-state index contributed by atoms with van der Waals surface area (Å²) in [6.45, 7) is 6.30. The van der Waals surface area contributed by atoms with Gasteiger partial charge in [-0.2, -0.15) is 0 Å². The first-order valence-corrected chi connectivity index (χ1v) is 11.4. The Hall–Kier alpha value is -3.60. The number of carbonyl (C=O) groups excluding carboxylic acids is 1. The molecule has 0 aromatic heterocycles. The Morgan fingerprint density at radius 2 is 1.42 bits per heavy atom. The number of nitrogens with zero attached hydrogens (tertiary/aromatic N) is 2. The maximum absolute atomic E-state index is 13.4. The van der Waals surface area contributed by atoms with Gasteiger partial charge < -0.3 is 10.1 Å². The third kappa shape index (κ3) is 5.61. The Labute approximate surface area is 196 Å². The summed E-state index contributed by atoms with van der Waals surface area (Å²) < 4.78 is 5.82. The van der Waals surface area contributed by atoms with Crippen molar-refractivity contribution in [3.8, 4) is 0 Å². The molecule has 1 heterocycles. The Bertz CT molecular complexity index is 1080. The van der Waals surface area contributed by atoms with E-state index in [1.165, 1.54) is 5.56 Å². The van der Waals surface area contributed by atoms with Gasteiger partial charge in [-0.05, 0) is 43.9 Å². The number of rotatable bonds is 5. The Morgan fingerprint density at radius 3 is 2.00 bits per heavy atom. The van der Waals surface area contributed by atoms with Crippen LogP contribution < -0.4 is 5.32 Å². The number of hydrogen-bond acceptors (Lipinski definition) is 4. The number of ether oxygens (including phenoxy) is 1. The van der Waals surface area contributed by atoms with Crippen molar-refractivity contribution in [3.63, 3.8) is 0 Å². The lowest BCUT2D eigenvalue weighted by atomic mass is 9.94. The summed E-state index contributed by atoms with van der Waals surface area (Å²) in [6.07, 6.45) is 0.425. The van der Waals surface area contributed by atoms with Crippen molar-refractivity contribution >= 4 is 12.1 Å². The topological polar surface area (TPSA) is 53.9 Å². The molecule has 170 valence electrons. The zero-order valence-corrected chi connectivity index (χ0v) is 19.4. The third-order valence-electron chi connectivity index (χ3n) is 5.48. The van der Waals surface area contributed by atoms with E-state index in [9.17, 15) is 4.79 Å². The molecule has 0 saturated carbocycles. The van der Waals surface area contributed by atoms with Crippen molar-refractivity contribution in [2.75, 3.05) is 6.54 Å². The minimum atomic E-state index is -0.613. The minimum absolute atomic E-state index is 0.236. The fourth-order valence-corrected chi connectivity index (χ4v) is 4.03. The van der Waals surface area contributed by atoms with Crippen LogP contribution >= 0.6 is 0 Å². The molecule has 33 heavy (non-hydrogen) atoms. The third-order valence-corrected chi connectivity index (χ3v) is 5.48. The van der Waals surface area contributed by atoms with Crippen LogP contribution in [0.3, 0.4) is 0 Å². The lowest BCUT2D eigenvalue weighted by Crippen LogP contribution is -2.46. The maximum atomic E-state index is 13.4. The summed E-state index contributed by atoms with van der Waals surface area (Å²) in [4.78, 5) is 20.1. The van der Waals surface area contributed by atoms with Crippen LogP contribution in [0.2, 0.25) is 0 Å². The smallest absolute Gasteiger partial charge is 0.417 e. The molecule has 0 spiro atoms. The quantitative estimate of drug-likeness (QED) is 0.536. The Kier molecular flexibility index (Phi) is 6.78. The van der Waals surface area contributed by atoms with Gasteiger partial charge in [-0.15, -0.1) is 0 Å². The Morgan fingerprint density at radius 1 is 0.879 bits per heavy atom. The molecule has 1 aliphatic heterocycles. The van der Waals surface area contributed by atoms with Crippen molar-refractivity contribution in [1.82, 2.24) is 10.2 Å². The van der Waals surface area contributed by atoms with E-state index in [2.05, 4.69) is 29.6 Å². The Balaban J connectivity index is 1.68. The molecule has 0 aliphatic carbocycles. The van der Waals surface area contributed by atoms with Crippen LogP contribution in [0, 0.1) is 0 Å². The molecule has 4 rings (SSSR count). The maximum Gasteiger partial charge on any atom is 0.417 e. The molecule has 5 nitrogen and oxygen atoms in total. The summed E-state index contributed by atoms with van der Waals surface area (Å²) in [7, 11) is 0. The lowest BCUT2D eigenvalue weighted by molar-refractivity contribution is 0.0310. The number of nitrogens with one attached hydrogen (secondary N) is 1. The van der Waals surface area contributed by atoms with E-state index in [0.717, 1.165) is 17.5 Å². The molecular weight excluding hydrogens is 410 g/mol. The van der Waals surface area contributed by atoms with Crippen molar-refractivity contribution in [1.29, 1.82) is 0 Å². The van der Waals surface area contributed by atoms with Gasteiger partial charge in [0, 0.05) is 6.54 Å². The van der Waals surface area contributed by atoms with Crippen molar-refractivity contribution < 1.29 is 9.53 Å². The SMILES string of the molecule is CC(C)(C)OC(=O)N1C(NCCc2ccccc2)=N[C@H](c2ccccc2)[C@@H]1c1ccccc1. The molecule has 0 unspecified atom stereocenters. The highest BCUT2D eigenvalue weighted by atomic mass is 16.6. The fourth-order valence-electron chi connectivity index (χ4n) is 4.03. The standard InChI is InChI=1S/C28H31N3O2/c1-28(2,3)33-27(32)31-25(23-17-11-6-12-18-23)24(22-15-9-5-10-16-22)30-26(31)29-20-19-21-13-7-4-8-14-21/h4-18,24-25H,19-20H2,1-3H3,(H,29,30)/t24-,25+/m1/s1. The molecule has 0 fully saturated rings. The van der Waals surface area contributed by atoms with Crippen LogP contribution in [0.25, 0.3) is 0 Å². The highest BCUT2D eigenvalue weighted by molar-refractivity contribution is 5.96. The van der Waals surface area contributed by atoms with E-state index in [-0.39, 0.29) is 12.1 Å². The number of carbonyl (C=O) groups is 1. The second-order valence-corrected chi connectivity index (χ2v) is 9.18. The van der Waals surface area contributed by atoms with Crippen molar-refractivity contribution in [3.05, 3.63) is 108 Å². The number of hydrogen-bond donors (Lipinski definition) is 1. The van der Waals surface area contributed by atoms with Gasteiger partial charge in [-0.25, -0.2) is 14.7 Å². The molecule has 3 aromatic rings. The monoisotopic (exact) mass is 441 g/mol. The first-order valence-electron chi connectivity index (χ1n) is 11.4. The predicted octanol–water partition coefficient (Wildman–Crippen LogP) is 5.91. The highest BCUT2D eigenvalue weighted by Gasteiger charge is 2.43. The predicted molar refractivity (Wildman–Crippen MR) is 132 cm³/mol. The van der Waals surface area contributed by atoms with Crippen molar-refractivity contribution in [2.24, 2.45) is 4.99 Å². The van der Waals surface area contributed by atoms with Crippen LogP contribution in [-0.2, 0) is 11.2 Å². The van der Waals surface area contributed by atoms with Crippen LogP contribution in [0.4, 0.5) is 4.79 Å². The normalized spacial score (nSPS) is 18.0. The molecular formula is C28H31N3O2. The molecule has 5 heteroatoms. The van der Waals surface area contributed by atoms with Crippen molar-refractivity contribution in [2.45, 2.75) is 44.9 Å². The molecule has 1 N–H and O–H groups in total. The fraction of sp³-hybridized carbons (Fsp3) is 0.286. The molecule has 1 amide bonds. The van der Waals surface area contributed by atoms with Gasteiger partial charge in [0.15, 0.2) is 0 Å². The second kappa shape index (κ2) is 9.90. The molecule has 3 aromatic carbocycles. The van der Waals surface area contributed by atoms with Gasteiger partial charge in [0.25, 0.3) is 0 Å². The number of guanidine groups is 1. The van der Waals surface area contributed by atoms with E-state index in [1.807, 2.05) is 87.5 Å². The summed E-state index contributed by atoms with van der Waals surface area (Å²) in [6, 6.07) is 29.9. The minimum Gasteiger partial charge on any atom is -0.443 e. The number of amides is 1. The van der Waals surface area contributed by atoms with E-state index in [0.29, 0.717) is 12.5 Å². The van der Waals surface area contributed by atoms with Gasteiger partial charge in [0.05, 0.1) is 6.04 Å². The molecule has 0 bridgehead atoms. The molecule has 2 atom stereocenters. The summed E-state index contributed by atoms with van der Waals surface area (Å²) >= 11 is 0. The van der Waals surface area contributed by atoms with Crippen LogP contribution in [0.1, 0.15) is 49.5 Å². The zero-order chi connectivity index (χ0) is 23.3. The molecule has 1 aliphatic rings. The first-order chi connectivity index (χ1) is 15.9. The number of benzene rings is 3. The lowest BCUT2D eigenvalue weighted by Gasteiger charge is -2.31. The average Bonchev–Trinajstić information content (AvgIpc) is 3.19. The second-order valence-electron chi connectivity index (χ2n) is 9.18. The highest BCUT2D eigenvalue weighted by Crippen LogP contribution is 2.42. The van der Waals surface area contributed by atoms with Crippen LogP contribution in [0.5, 0.6) is 0 Å². The number of aliphatic imine (C=N–C) groups is 1. The van der Waals surface area contributed by atoms with E-state index in [4.69, 9.17) is 9.73 Å².